The number of rotatable bonds is 3. The number of carbonyl (C=O) groups excluding carboxylic acids is 1. The second-order valence-corrected chi connectivity index (χ2v) is 5.14. The number of aryl methyl sites for hydroxylation is 2. The zero-order chi connectivity index (χ0) is 10.8. The van der Waals surface area contributed by atoms with E-state index in [1.807, 2.05) is 30.0 Å². The first-order chi connectivity index (χ1) is 7.16. The highest BCUT2D eigenvalue weighted by Gasteiger charge is 2.12. The Kier molecular flexibility index (Phi) is 2.98. The molecule has 2 aromatic rings. The molecule has 0 aliphatic heterocycles. The maximum atomic E-state index is 11.9. The van der Waals surface area contributed by atoms with E-state index in [1.54, 1.807) is 22.7 Å². The van der Waals surface area contributed by atoms with Gasteiger partial charge in [0.25, 0.3) is 0 Å². The first-order valence-electron chi connectivity index (χ1n) is 4.64. The number of Topliss-reactive ketones (excluding diaryl/α,β-unsaturated/α-hetero) is 1. The van der Waals surface area contributed by atoms with Crippen LogP contribution < -0.4 is 0 Å². The molecule has 0 saturated heterocycles. The number of ketones is 1. The second-order valence-electron chi connectivity index (χ2n) is 3.45. The molecular weight excluding hydrogens is 226 g/mol. The van der Waals surface area contributed by atoms with Crippen LogP contribution in [-0.4, -0.2) is 10.8 Å². The van der Waals surface area contributed by atoms with Gasteiger partial charge in [-0.05, 0) is 24.8 Å². The van der Waals surface area contributed by atoms with Gasteiger partial charge in [0.2, 0.25) is 0 Å². The number of hydrogen-bond acceptors (Lipinski definition) is 4. The highest BCUT2D eigenvalue weighted by Crippen LogP contribution is 2.17. The number of carbonyl (C=O) groups is 1. The van der Waals surface area contributed by atoms with Gasteiger partial charge in [0.05, 0.1) is 6.42 Å². The lowest BCUT2D eigenvalue weighted by molar-refractivity contribution is 0.0993. The van der Waals surface area contributed by atoms with Crippen LogP contribution in [0.1, 0.15) is 26.6 Å². The quantitative estimate of drug-likeness (QED) is 0.767. The van der Waals surface area contributed by atoms with Gasteiger partial charge in [-0.15, -0.1) is 11.3 Å². The van der Waals surface area contributed by atoms with E-state index in [9.17, 15) is 4.79 Å². The fraction of sp³-hybridized carbons (Fsp3) is 0.273. The number of thiophene rings is 1. The highest BCUT2D eigenvalue weighted by atomic mass is 32.1. The fourth-order valence-corrected chi connectivity index (χ4v) is 2.99. The molecule has 78 valence electrons. The minimum atomic E-state index is 0.170. The molecule has 0 atom stereocenters. The molecule has 2 nitrogen and oxygen atoms in total. The first-order valence-corrected chi connectivity index (χ1v) is 6.46. The Balaban J connectivity index is 2.14. The highest BCUT2D eigenvalue weighted by molar-refractivity contribution is 7.09. The van der Waals surface area contributed by atoms with Gasteiger partial charge in [0.15, 0.2) is 5.78 Å². The molecule has 0 N–H and O–H groups in total. The Labute approximate surface area is 96.6 Å². The minimum absolute atomic E-state index is 0.170. The number of thiazole rings is 1. The summed E-state index contributed by atoms with van der Waals surface area (Å²) in [6, 6.07) is 0. The third-order valence-corrected chi connectivity index (χ3v) is 3.96. The van der Waals surface area contributed by atoms with Crippen molar-refractivity contribution >= 4 is 28.5 Å². The molecule has 0 fully saturated rings. The molecule has 2 heterocycles. The summed E-state index contributed by atoms with van der Waals surface area (Å²) in [5, 5.41) is 6.80. The van der Waals surface area contributed by atoms with Crippen LogP contribution in [0.5, 0.6) is 0 Å². The fourth-order valence-electron chi connectivity index (χ4n) is 1.36. The van der Waals surface area contributed by atoms with Gasteiger partial charge in [0.1, 0.15) is 5.01 Å². The number of aromatic nitrogens is 1. The molecule has 0 amide bonds. The molecule has 0 aromatic carbocycles. The van der Waals surface area contributed by atoms with E-state index in [-0.39, 0.29) is 5.78 Å². The molecule has 2 aromatic heterocycles. The average Bonchev–Trinajstić information content (AvgIpc) is 2.75. The number of nitrogens with zero attached hydrogens (tertiary/aromatic N) is 1. The normalized spacial score (nSPS) is 10.5. The maximum absolute atomic E-state index is 11.9. The summed E-state index contributed by atoms with van der Waals surface area (Å²) in [5.41, 5.74) is 2.90. The average molecular weight is 237 g/mol. The zero-order valence-corrected chi connectivity index (χ0v) is 10.2. The van der Waals surface area contributed by atoms with Crippen molar-refractivity contribution in [3.05, 3.63) is 38.0 Å². The van der Waals surface area contributed by atoms with Crippen molar-refractivity contribution in [3.63, 3.8) is 0 Å². The summed E-state index contributed by atoms with van der Waals surface area (Å²) in [7, 11) is 0. The largest absolute Gasteiger partial charge is 0.294 e. The lowest BCUT2D eigenvalue weighted by atomic mass is 10.1. The van der Waals surface area contributed by atoms with Gasteiger partial charge in [-0.1, -0.05) is 0 Å². The van der Waals surface area contributed by atoms with Crippen molar-refractivity contribution < 1.29 is 4.79 Å². The van der Waals surface area contributed by atoms with Crippen LogP contribution in [0.3, 0.4) is 0 Å². The molecule has 0 radical (unpaired) electrons. The molecular formula is C11H11NOS2. The van der Waals surface area contributed by atoms with Crippen LogP contribution >= 0.6 is 22.7 Å². The Hall–Kier alpha value is -1.00. The smallest absolute Gasteiger partial charge is 0.170 e. The van der Waals surface area contributed by atoms with Crippen LogP contribution in [0.4, 0.5) is 0 Å². The summed E-state index contributed by atoms with van der Waals surface area (Å²) in [6.07, 6.45) is 0.427. The van der Waals surface area contributed by atoms with Crippen LogP contribution in [-0.2, 0) is 6.42 Å². The summed E-state index contributed by atoms with van der Waals surface area (Å²) < 4.78 is 0. The van der Waals surface area contributed by atoms with Crippen LogP contribution in [0.2, 0.25) is 0 Å². The lowest BCUT2D eigenvalue weighted by Gasteiger charge is -1.96. The predicted octanol–water partition coefficient (Wildman–Crippen LogP) is 3.25. The molecule has 0 unspecified atom stereocenters. The molecule has 0 aliphatic rings. The molecule has 15 heavy (non-hydrogen) atoms. The van der Waals surface area contributed by atoms with Gasteiger partial charge in [-0.2, -0.15) is 11.3 Å². The van der Waals surface area contributed by atoms with E-state index >= 15 is 0 Å². The minimum Gasteiger partial charge on any atom is -0.294 e. The summed E-state index contributed by atoms with van der Waals surface area (Å²) in [4.78, 5) is 16.2. The van der Waals surface area contributed by atoms with Crippen molar-refractivity contribution in [1.29, 1.82) is 0 Å². The van der Waals surface area contributed by atoms with Crippen LogP contribution in [0.25, 0.3) is 0 Å². The Morgan fingerprint density at radius 3 is 2.67 bits per heavy atom. The van der Waals surface area contributed by atoms with Crippen LogP contribution in [0, 0.1) is 13.8 Å². The summed E-state index contributed by atoms with van der Waals surface area (Å²) in [5.74, 6) is 0.170. The van der Waals surface area contributed by atoms with E-state index in [4.69, 9.17) is 0 Å². The predicted molar refractivity (Wildman–Crippen MR) is 63.9 cm³/mol. The first kappa shape index (κ1) is 10.5. The van der Waals surface area contributed by atoms with E-state index in [0.29, 0.717) is 6.42 Å². The molecule has 0 aliphatic carbocycles. The topological polar surface area (TPSA) is 30.0 Å². The number of hydrogen-bond donors (Lipinski definition) is 0. The van der Waals surface area contributed by atoms with E-state index < -0.39 is 0 Å². The van der Waals surface area contributed by atoms with Crippen LogP contribution in [0.15, 0.2) is 16.1 Å². The summed E-state index contributed by atoms with van der Waals surface area (Å²) in [6.45, 7) is 3.91. The second kappa shape index (κ2) is 4.24. The summed E-state index contributed by atoms with van der Waals surface area (Å²) >= 11 is 3.12. The maximum Gasteiger partial charge on any atom is 0.170 e. The Morgan fingerprint density at radius 1 is 1.33 bits per heavy atom. The Morgan fingerprint density at radius 2 is 2.13 bits per heavy atom. The van der Waals surface area contributed by atoms with Crippen molar-refractivity contribution in [2.24, 2.45) is 0 Å². The van der Waals surface area contributed by atoms with Gasteiger partial charge >= 0.3 is 0 Å². The van der Waals surface area contributed by atoms with Gasteiger partial charge < -0.3 is 0 Å². The molecule has 0 bridgehead atoms. The third-order valence-electron chi connectivity index (χ3n) is 2.13. The third kappa shape index (κ3) is 2.33. The lowest BCUT2D eigenvalue weighted by Crippen LogP contribution is -2.03. The zero-order valence-electron chi connectivity index (χ0n) is 8.61. The molecule has 0 spiro atoms. The van der Waals surface area contributed by atoms with Gasteiger partial charge in [-0.3, -0.25) is 4.79 Å². The van der Waals surface area contributed by atoms with Crippen molar-refractivity contribution in [3.8, 4) is 0 Å². The standard InChI is InChI=1S/C11H11NOS2/c1-7-4-14-6-9(7)10(13)3-11-12-8(2)5-15-11/h4-6H,3H2,1-2H3. The molecule has 4 heteroatoms. The Bertz CT molecular complexity index is 484. The SMILES string of the molecule is Cc1csc(CC(=O)c2cscc2C)n1. The van der Waals surface area contributed by atoms with E-state index in [0.717, 1.165) is 21.8 Å². The van der Waals surface area contributed by atoms with Crippen molar-refractivity contribution in [1.82, 2.24) is 4.98 Å². The molecule has 2 rings (SSSR count). The molecule has 0 saturated carbocycles. The van der Waals surface area contributed by atoms with Gasteiger partial charge in [-0.25, -0.2) is 4.98 Å². The van der Waals surface area contributed by atoms with Crippen molar-refractivity contribution in [2.45, 2.75) is 20.3 Å². The van der Waals surface area contributed by atoms with E-state index in [1.165, 1.54) is 0 Å². The monoisotopic (exact) mass is 237 g/mol. The van der Waals surface area contributed by atoms with Gasteiger partial charge in [0, 0.05) is 22.0 Å². The van der Waals surface area contributed by atoms with E-state index in [2.05, 4.69) is 4.98 Å². The van der Waals surface area contributed by atoms with Crippen molar-refractivity contribution in [2.75, 3.05) is 0 Å².